The van der Waals surface area contributed by atoms with Crippen LogP contribution in [0.25, 0.3) is 0 Å². The lowest BCUT2D eigenvalue weighted by Crippen LogP contribution is -2.63. The molecule has 1 N–H and O–H groups in total. The molecule has 1 amide bonds. The van der Waals surface area contributed by atoms with Gasteiger partial charge >= 0.3 is 0 Å². The summed E-state index contributed by atoms with van der Waals surface area (Å²) >= 11 is 0. The Balaban J connectivity index is 1.43. The van der Waals surface area contributed by atoms with Gasteiger partial charge in [0.15, 0.2) is 0 Å². The number of hydrogen-bond donors (Lipinski definition) is 1. The molecule has 0 aromatic heterocycles. The molecule has 0 radical (unpaired) electrons. The molecule has 4 saturated carbocycles. The summed E-state index contributed by atoms with van der Waals surface area (Å²) in [7, 11) is 1.86. The Morgan fingerprint density at radius 2 is 1.68 bits per heavy atom. The normalized spacial score (nSPS) is 35.8. The van der Waals surface area contributed by atoms with Crippen LogP contribution >= 0.6 is 0 Å². The van der Waals surface area contributed by atoms with Gasteiger partial charge < -0.3 is 10.1 Å². The molecule has 25 heavy (non-hydrogen) atoms. The van der Waals surface area contributed by atoms with E-state index in [-0.39, 0.29) is 11.5 Å². The number of benzene rings is 1. The molecular formula is C22H31NO2. The van der Waals surface area contributed by atoms with Gasteiger partial charge in [-0.15, -0.1) is 0 Å². The molecular weight excluding hydrogens is 310 g/mol. The average Bonchev–Trinajstić information content (AvgIpc) is 2.62. The lowest BCUT2D eigenvalue weighted by Gasteiger charge is -2.60. The monoisotopic (exact) mass is 341 g/mol. The second kappa shape index (κ2) is 6.75. The minimum atomic E-state index is -0.134. The van der Waals surface area contributed by atoms with Crippen LogP contribution < -0.4 is 5.32 Å². The van der Waals surface area contributed by atoms with Gasteiger partial charge in [-0.3, -0.25) is 4.79 Å². The van der Waals surface area contributed by atoms with Gasteiger partial charge in [0.1, 0.15) is 0 Å². The Bertz CT molecular complexity index is 593. The van der Waals surface area contributed by atoms with Gasteiger partial charge in [-0.05, 0) is 79.9 Å². The zero-order chi connectivity index (χ0) is 17.4. The van der Waals surface area contributed by atoms with Crippen LogP contribution in [0.5, 0.6) is 0 Å². The highest BCUT2D eigenvalue weighted by atomic mass is 16.5. The molecule has 3 heteroatoms. The number of nitrogens with one attached hydrogen (secondary N) is 1. The molecule has 3 nitrogen and oxygen atoms in total. The van der Waals surface area contributed by atoms with Crippen molar-refractivity contribution in [3.63, 3.8) is 0 Å². The van der Waals surface area contributed by atoms with E-state index in [1.165, 1.54) is 37.7 Å². The molecule has 4 aliphatic carbocycles. The molecule has 0 atom stereocenters. The predicted molar refractivity (Wildman–Crippen MR) is 99.6 cm³/mol. The van der Waals surface area contributed by atoms with Crippen LogP contribution in [0.1, 0.15) is 61.4 Å². The Morgan fingerprint density at radius 1 is 1.08 bits per heavy atom. The SMILES string of the molecule is CCCc1ccc(C(=O)NCC2(OC)C3CC4CC(C3)CC2C4)cc1. The quantitative estimate of drug-likeness (QED) is 0.842. The van der Waals surface area contributed by atoms with Crippen molar-refractivity contribution in [3.05, 3.63) is 35.4 Å². The molecule has 4 bridgehead atoms. The lowest BCUT2D eigenvalue weighted by molar-refractivity contribution is -0.186. The minimum absolute atomic E-state index is 0.0354. The van der Waals surface area contributed by atoms with Crippen molar-refractivity contribution in [1.82, 2.24) is 5.32 Å². The zero-order valence-corrected chi connectivity index (χ0v) is 15.6. The van der Waals surface area contributed by atoms with E-state index in [9.17, 15) is 4.79 Å². The van der Waals surface area contributed by atoms with Crippen LogP contribution in [-0.4, -0.2) is 25.2 Å². The van der Waals surface area contributed by atoms with E-state index in [0.29, 0.717) is 18.4 Å². The molecule has 5 rings (SSSR count). The molecule has 0 aliphatic heterocycles. The Morgan fingerprint density at radius 3 is 2.20 bits per heavy atom. The topological polar surface area (TPSA) is 38.3 Å². The first-order chi connectivity index (χ1) is 12.1. The first kappa shape index (κ1) is 17.1. The van der Waals surface area contributed by atoms with Crippen molar-refractivity contribution >= 4 is 5.91 Å². The average molecular weight is 341 g/mol. The Hall–Kier alpha value is -1.35. The summed E-state index contributed by atoms with van der Waals surface area (Å²) in [6.07, 6.45) is 8.81. The predicted octanol–water partition coefficient (Wildman–Crippen LogP) is 4.21. The summed E-state index contributed by atoms with van der Waals surface area (Å²) in [5.41, 5.74) is 1.92. The smallest absolute Gasteiger partial charge is 0.251 e. The van der Waals surface area contributed by atoms with E-state index in [0.717, 1.165) is 30.2 Å². The maximum atomic E-state index is 12.6. The molecule has 0 saturated heterocycles. The lowest BCUT2D eigenvalue weighted by atomic mass is 9.49. The van der Waals surface area contributed by atoms with E-state index in [1.807, 2.05) is 19.2 Å². The highest BCUT2D eigenvalue weighted by molar-refractivity contribution is 5.94. The van der Waals surface area contributed by atoms with E-state index < -0.39 is 0 Å². The van der Waals surface area contributed by atoms with Crippen LogP contribution in [0.3, 0.4) is 0 Å². The van der Waals surface area contributed by atoms with Gasteiger partial charge in [-0.1, -0.05) is 25.5 Å². The molecule has 0 heterocycles. The largest absolute Gasteiger partial charge is 0.376 e. The number of hydrogen-bond acceptors (Lipinski definition) is 2. The van der Waals surface area contributed by atoms with Crippen molar-refractivity contribution in [2.45, 2.75) is 57.5 Å². The number of carbonyl (C=O) groups excluding carboxylic acids is 1. The number of amides is 1. The fourth-order valence-corrected chi connectivity index (χ4v) is 6.11. The maximum absolute atomic E-state index is 12.6. The summed E-state index contributed by atoms with van der Waals surface area (Å²) < 4.78 is 6.14. The number of aryl methyl sites for hydroxylation is 1. The van der Waals surface area contributed by atoms with Crippen molar-refractivity contribution in [2.75, 3.05) is 13.7 Å². The summed E-state index contributed by atoms with van der Waals surface area (Å²) in [5, 5.41) is 3.21. The summed E-state index contributed by atoms with van der Waals surface area (Å²) in [5.74, 6) is 3.11. The van der Waals surface area contributed by atoms with Crippen LogP contribution in [0, 0.1) is 23.7 Å². The molecule has 4 aliphatic rings. The maximum Gasteiger partial charge on any atom is 0.251 e. The highest BCUT2D eigenvalue weighted by Crippen LogP contribution is 2.59. The molecule has 136 valence electrons. The van der Waals surface area contributed by atoms with Gasteiger partial charge in [0.05, 0.1) is 5.60 Å². The number of rotatable bonds is 6. The summed E-state index contributed by atoms with van der Waals surface area (Å²) in [4.78, 5) is 12.6. The Kier molecular flexibility index (Phi) is 4.61. The number of methoxy groups -OCH3 is 1. The fourth-order valence-electron chi connectivity index (χ4n) is 6.11. The molecule has 4 fully saturated rings. The van der Waals surface area contributed by atoms with Gasteiger partial charge in [-0.2, -0.15) is 0 Å². The van der Waals surface area contributed by atoms with E-state index >= 15 is 0 Å². The third kappa shape index (κ3) is 3.01. The highest BCUT2D eigenvalue weighted by Gasteiger charge is 2.57. The second-order valence-corrected chi connectivity index (χ2v) is 8.59. The fraction of sp³-hybridized carbons (Fsp3) is 0.682. The first-order valence-electron chi connectivity index (χ1n) is 10.1. The molecule has 0 spiro atoms. The standard InChI is InChI=1S/C22H31NO2/c1-3-4-15-5-7-18(8-6-15)21(24)23-14-22(25-2)19-10-16-9-17(12-19)13-20(22)11-16/h5-8,16-17,19-20H,3-4,9-14H2,1-2H3,(H,23,24). The third-order valence-electron chi connectivity index (χ3n) is 7.18. The second-order valence-electron chi connectivity index (χ2n) is 8.59. The molecule has 1 aromatic rings. The molecule has 1 aromatic carbocycles. The first-order valence-corrected chi connectivity index (χ1v) is 10.1. The van der Waals surface area contributed by atoms with E-state index in [1.54, 1.807) is 0 Å². The number of ether oxygens (including phenoxy) is 1. The van der Waals surface area contributed by atoms with Crippen LogP contribution in [0.4, 0.5) is 0 Å². The summed E-state index contributed by atoms with van der Waals surface area (Å²) in [6, 6.07) is 8.06. The van der Waals surface area contributed by atoms with Gasteiger partial charge in [-0.25, -0.2) is 0 Å². The van der Waals surface area contributed by atoms with Crippen molar-refractivity contribution in [2.24, 2.45) is 23.7 Å². The van der Waals surface area contributed by atoms with Gasteiger partial charge in [0, 0.05) is 19.2 Å². The third-order valence-corrected chi connectivity index (χ3v) is 7.18. The van der Waals surface area contributed by atoms with Crippen LogP contribution in [0.2, 0.25) is 0 Å². The van der Waals surface area contributed by atoms with Crippen molar-refractivity contribution < 1.29 is 9.53 Å². The Labute approximate surface area is 151 Å². The summed E-state index contributed by atoms with van der Waals surface area (Å²) in [6.45, 7) is 2.84. The zero-order valence-electron chi connectivity index (χ0n) is 15.6. The molecule has 0 unspecified atom stereocenters. The van der Waals surface area contributed by atoms with Crippen LogP contribution in [-0.2, 0) is 11.2 Å². The van der Waals surface area contributed by atoms with Crippen molar-refractivity contribution in [3.8, 4) is 0 Å². The van der Waals surface area contributed by atoms with Gasteiger partial charge in [0.25, 0.3) is 5.91 Å². The number of carbonyl (C=O) groups is 1. The van der Waals surface area contributed by atoms with Gasteiger partial charge in [0.2, 0.25) is 0 Å². The minimum Gasteiger partial charge on any atom is -0.376 e. The van der Waals surface area contributed by atoms with Crippen molar-refractivity contribution in [1.29, 1.82) is 0 Å². The van der Waals surface area contributed by atoms with Crippen LogP contribution in [0.15, 0.2) is 24.3 Å². The van der Waals surface area contributed by atoms with E-state index in [2.05, 4.69) is 24.4 Å². The van der Waals surface area contributed by atoms with E-state index in [4.69, 9.17) is 4.74 Å².